The van der Waals surface area contributed by atoms with Crippen molar-refractivity contribution in [2.24, 2.45) is 0 Å². The molecule has 0 aliphatic rings. The molecule has 108 valence electrons. The summed E-state index contributed by atoms with van der Waals surface area (Å²) in [5, 5.41) is 0. The van der Waals surface area contributed by atoms with Crippen LogP contribution in [0.15, 0.2) is 35.2 Å². The molecule has 6 nitrogen and oxygen atoms in total. The summed E-state index contributed by atoms with van der Waals surface area (Å²) in [6.07, 6.45) is 0. The van der Waals surface area contributed by atoms with E-state index in [9.17, 15) is 8.42 Å². The highest BCUT2D eigenvalue weighted by molar-refractivity contribution is 7.85. The van der Waals surface area contributed by atoms with E-state index in [1.54, 1.807) is 7.11 Å². The van der Waals surface area contributed by atoms with Gasteiger partial charge in [0, 0.05) is 0 Å². The number of fused-ring (bicyclic) bond motifs is 2. The van der Waals surface area contributed by atoms with E-state index in [0.29, 0.717) is 27.8 Å². The van der Waals surface area contributed by atoms with Crippen LogP contribution >= 0.6 is 0 Å². The minimum absolute atomic E-state index is 0.205. The minimum Gasteiger partial charge on any atom is -0.494 e. The van der Waals surface area contributed by atoms with Crippen LogP contribution in [-0.2, 0) is 10.1 Å². The van der Waals surface area contributed by atoms with Crippen molar-refractivity contribution in [1.29, 1.82) is 0 Å². The first-order chi connectivity index (χ1) is 9.88. The fourth-order valence-corrected chi connectivity index (χ4v) is 2.68. The number of ether oxygens (including phenoxy) is 1. The quantitative estimate of drug-likeness (QED) is 0.577. The third kappa shape index (κ3) is 2.41. The number of benzene rings is 2. The van der Waals surface area contributed by atoms with Gasteiger partial charge in [-0.1, -0.05) is 0 Å². The summed E-state index contributed by atoms with van der Waals surface area (Å²) < 4.78 is 36.8. The molecular weight excluding hydrogens is 292 g/mol. The molecule has 2 aromatic carbocycles. The first kappa shape index (κ1) is 13.7. The second-order valence-electron chi connectivity index (χ2n) is 4.68. The van der Waals surface area contributed by atoms with Gasteiger partial charge in [-0.15, -0.1) is 0 Å². The Kier molecular flexibility index (Phi) is 3.03. The second-order valence-corrected chi connectivity index (χ2v) is 6.11. The molecule has 3 aromatic rings. The monoisotopic (exact) mass is 304 g/mol. The van der Waals surface area contributed by atoms with Crippen LogP contribution in [0.2, 0.25) is 0 Å². The van der Waals surface area contributed by atoms with Crippen molar-refractivity contribution < 1.29 is 17.7 Å². The Hall–Kier alpha value is -2.25. The van der Waals surface area contributed by atoms with Gasteiger partial charge in [0.15, 0.2) is 0 Å². The van der Waals surface area contributed by atoms with Crippen molar-refractivity contribution in [1.82, 2.24) is 9.97 Å². The summed E-state index contributed by atoms with van der Waals surface area (Å²) >= 11 is 0. The molecule has 1 N–H and O–H groups in total. The molecule has 1 heterocycles. The van der Waals surface area contributed by atoms with Crippen molar-refractivity contribution in [3.63, 3.8) is 0 Å². The normalized spacial score (nSPS) is 12.0. The van der Waals surface area contributed by atoms with Crippen LogP contribution in [0.3, 0.4) is 0 Å². The Morgan fingerprint density at radius 1 is 1.05 bits per heavy atom. The largest absolute Gasteiger partial charge is 0.494 e. The van der Waals surface area contributed by atoms with E-state index in [4.69, 9.17) is 9.29 Å². The average Bonchev–Trinajstić information content (AvgIpc) is 2.42. The summed E-state index contributed by atoms with van der Waals surface area (Å²) in [7, 11) is -2.70. The van der Waals surface area contributed by atoms with Crippen molar-refractivity contribution >= 4 is 32.2 Å². The molecule has 1 aromatic heterocycles. The zero-order valence-electron chi connectivity index (χ0n) is 11.4. The number of hydrogen-bond donors (Lipinski definition) is 1. The lowest BCUT2D eigenvalue weighted by atomic mass is 10.2. The van der Waals surface area contributed by atoms with Crippen molar-refractivity contribution in [2.45, 2.75) is 11.8 Å². The third-order valence-corrected chi connectivity index (χ3v) is 3.99. The summed E-state index contributed by atoms with van der Waals surface area (Å²) in [4.78, 5) is 8.65. The standard InChI is InChI=1S/C14H12N2O4S/c1-8-5-12-14(13(6-8)20-2)16-10-4-3-9(21(17,18)19)7-11(10)15-12/h3-7H,1-2H3,(H,17,18,19). The maximum Gasteiger partial charge on any atom is 0.294 e. The summed E-state index contributed by atoms with van der Waals surface area (Å²) in [5.74, 6) is 0.609. The van der Waals surface area contributed by atoms with E-state index < -0.39 is 10.1 Å². The highest BCUT2D eigenvalue weighted by Crippen LogP contribution is 2.27. The molecule has 0 saturated heterocycles. The molecule has 0 fully saturated rings. The van der Waals surface area contributed by atoms with Crippen LogP contribution in [0, 0.1) is 6.92 Å². The lowest BCUT2D eigenvalue weighted by molar-refractivity contribution is 0.418. The molecule has 3 rings (SSSR count). The second kappa shape index (κ2) is 4.64. The Morgan fingerprint density at radius 2 is 1.81 bits per heavy atom. The number of nitrogens with zero attached hydrogens (tertiary/aromatic N) is 2. The Balaban J connectivity index is 2.38. The van der Waals surface area contributed by atoms with Gasteiger partial charge in [0.1, 0.15) is 11.3 Å². The SMILES string of the molecule is COc1cc(C)cc2nc3cc(S(=O)(=O)O)ccc3nc12. The van der Waals surface area contributed by atoms with Crippen LogP contribution in [-0.4, -0.2) is 30.0 Å². The molecule has 21 heavy (non-hydrogen) atoms. The highest BCUT2D eigenvalue weighted by atomic mass is 32.2. The molecule has 7 heteroatoms. The van der Waals surface area contributed by atoms with Crippen molar-refractivity contribution in [3.8, 4) is 5.75 Å². The maximum absolute atomic E-state index is 11.2. The summed E-state index contributed by atoms with van der Waals surface area (Å²) in [5.41, 5.74) is 3.09. The van der Waals surface area contributed by atoms with Gasteiger partial charge >= 0.3 is 0 Å². The van der Waals surface area contributed by atoms with Crippen LogP contribution in [0.25, 0.3) is 22.1 Å². The topological polar surface area (TPSA) is 89.4 Å². The van der Waals surface area contributed by atoms with E-state index in [2.05, 4.69) is 9.97 Å². The van der Waals surface area contributed by atoms with Gasteiger partial charge in [0.05, 0.1) is 28.6 Å². The molecule has 0 amide bonds. The highest BCUT2D eigenvalue weighted by Gasteiger charge is 2.13. The third-order valence-electron chi connectivity index (χ3n) is 3.14. The van der Waals surface area contributed by atoms with Crippen molar-refractivity contribution in [3.05, 3.63) is 35.9 Å². The molecular formula is C14H12N2O4S. The first-order valence-corrected chi connectivity index (χ1v) is 7.56. The first-order valence-electron chi connectivity index (χ1n) is 6.12. The molecule has 0 atom stereocenters. The minimum atomic E-state index is -4.26. The van der Waals surface area contributed by atoms with Crippen LogP contribution in [0.4, 0.5) is 0 Å². The van der Waals surface area contributed by atoms with Crippen LogP contribution in [0.5, 0.6) is 5.75 Å². The van der Waals surface area contributed by atoms with E-state index in [1.807, 2.05) is 19.1 Å². The van der Waals surface area contributed by atoms with Gasteiger partial charge < -0.3 is 4.74 Å². The smallest absolute Gasteiger partial charge is 0.294 e. The Morgan fingerprint density at radius 3 is 2.48 bits per heavy atom. The van der Waals surface area contributed by atoms with Gasteiger partial charge in [0.2, 0.25) is 0 Å². The predicted molar refractivity (Wildman–Crippen MR) is 78.1 cm³/mol. The van der Waals surface area contributed by atoms with Gasteiger partial charge in [-0.2, -0.15) is 8.42 Å². The van der Waals surface area contributed by atoms with E-state index in [0.717, 1.165) is 5.56 Å². The molecule has 0 aliphatic heterocycles. The fourth-order valence-electron chi connectivity index (χ4n) is 2.18. The van der Waals surface area contributed by atoms with Gasteiger partial charge in [-0.05, 0) is 42.8 Å². The average molecular weight is 304 g/mol. The molecule has 0 spiro atoms. The number of rotatable bonds is 2. The molecule has 0 saturated carbocycles. The van der Waals surface area contributed by atoms with E-state index >= 15 is 0 Å². The summed E-state index contributed by atoms with van der Waals surface area (Å²) in [6.45, 7) is 1.91. The fraction of sp³-hybridized carbons (Fsp3) is 0.143. The number of aromatic nitrogens is 2. The molecule has 0 unspecified atom stereocenters. The van der Waals surface area contributed by atoms with E-state index in [1.165, 1.54) is 18.2 Å². The molecule has 0 radical (unpaired) electrons. The molecule has 0 bridgehead atoms. The predicted octanol–water partition coefficient (Wildman–Crippen LogP) is 2.35. The molecule has 0 aliphatic carbocycles. The van der Waals surface area contributed by atoms with Crippen molar-refractivity contribution in [2.75, 3.05) is 7.11 Å². The van der Waals surface area contributed by atoms with Gasteiger partial charge in [0.25, 0.3) is 10.1 Å². The number of methoxy groups -OCH3 is 1. The Labute approximate surface area is 121 Å². The Bertz CT molecular complexity index is 968. The number of hydrogen-bond acceptors (Lipinski definition) is 5. The van der Waals surface area contributed by atoms with Gasteiger partial charge in [-0.3, -0.25) is 4.55 Å². The van der Waals surface area contributed by atoms with Crippen LogP contribution < -0.4 is 4.74 Å². The van der Waals surface area contributed by atoms with Crippen LogP contribution in [0.1, 0.15) is 5.56 Å². The lowest BCUT2D eigenvalue weighted by Gasteiger charge is -2.07. The zero-order chi connectivity index (χ0) is 15.2. The zero-order valence-corrected chi connectivity index (χ0v) is 12.2. The van der Waals surface area contributed by atoms with E-state index in [-0.39, 0.29) is 4.90 Å². The summed E-state index contributed by atoms with van der Waals surface area (Å²) in [6, 6.07) is 7.79. The number of aryl methyl sites for hydroxylation is 1. The van der Waals surface area contributed by atoms with Gasteiger partial charge in [-0.25, -0.2) is 9.97 Å². The maximum atomic E-state index is 11.2. The lowest BCUT2D eigenvalue weighted by Crippen LogP contribution is -1.99.